The second-order valence-corrected chi connectivity index (χ2v) is 4.81. The monoisotopic (exact) mass is 288 g/mol. The molecule has 0 aliphatic carbocycles. The summed E-state index contributed by atoms with van der Waals surface area (Å²) in [6, 6.07) is 11.0. The Balaban J connectivity index is 1.92. The Morgan fingerprint density at radius 1 is 1.20 bits per heavy atom. The summed E-state index contributed by atoms with van der Waals surface area (Å²) in [6.07, 6.45) is 0. The van der Waals surface area contributed by atoms with Gasteiger partial charge < -0.3 is 10.5 Å². The van der Waals surface area contributed by atoms with E-state index in [1.54, 1.807) is 6.07 Å². The lowest BCUT2D eigenvalue weighted by molar-refractivity contribution is 0.294. The van der Waals surface area contributed by atoms with Crippen LogP contribution in [0.4, 0.5) is 5.69 Å². The molecule has 6 heteroatoms. The van der Waals surface area contributed by atoms with Gasteiger partial charge in [-0.15, -0.1) is 10.2 Å². The zero-order valence-corrected chi connectivity index (χ0v) is 11.6. The Bertz CT molecular complexity index is 769. The van der Waals surface area contributed by atoms with Crippen LogP contribution in [0.2, 0.25) is 5.02 Å². The van der Waals surface area contributed by atoms with Crippen molar-refractivity contribution in [3.05, 3.63) is 52.9 Å². The number of nitrogen functional groups attached to an aromatic ring is 1. The molecule has 0 aliphatic heterocycles. The minimum atomic E-state index is 0.273. The highest BCUT2D eigenvalue weighted by molar-refractivity contribution is 6.32. The Morgan fingerprint density at radius 2 is 2.00 bits per heavy atom. The number of fused-ring (bicyclic) bond motifs is 1. The van der Waals surface area contributed by atoms with Crippen LogP contribution in [0.1, 0.15) is 11.5 Å². The van der Waals surface area contributed by atoms with Crippen LogP contribution >= 0.6 is 11.6 Å². The molecule has 0 saturated carbocycles. The Labute approximate surface area is 121 Å². The minimum absolute atomic E-state index is 0.273. The van der Waals surface area contributed by atoms with Gasteiger partial charge >= 0.3 is 0 Å². The number of hydrogen-bond acceptors (Lipinski definition) is 4. The van der Waals surface area contributed by atoms with Crippen LogP contribution in [0.25, 0.3) is 5.65 Å². The predicted molar refractivity (Wildman–Crippen MR) is 77.9 cm³/mol. The Kier molecular flexibility index (Phi) is 3.20. The summed E-state index contributed by atoms with van der Waals surface area (Å²) >= 11 is 6.05. The summed E-state index contributed by atoms with van der Waals surface area (Å²) in [5.74, 6) is 1.30. The molecule has 0 radical (unpaired) electrons. The number of nitrogens with zero attached hydrogens (tertiary/aromatic N) is 3. The average Bonchev–Trinajstić information content (AvgIpc) is 2.86. The lowest BCUT2D eigenvalue weighted by Crippen LogP contribution is -2.05. The van der Waals surface area contributed by atoms with Crippen molar-refractivity contribution in [1.82, 2.24) is 14.6 Å². The summed E-state index contributed by atoms with van der Waals surface area (Å²) in [6.45, 7) is 2.19. The molecule has 20 heavy (non-hydrogen) atoms. The first-order valence-corrected chi connectivity index (χ1v) is 6.51. The first kappa shape index (κ1) is 12.7. The topological polar surface area (TPSA) is 65.4 Å². The van der Waals surface area contributed by atoms with Crippen LogP contribution in [0, 0.1) is 6.92 Å². The maximum absolute atomic E-state index is 6.05. The quantitative estimate of drug-likeness (QED) is 0.805. The lowest BCUT2D eigenvalue weighted by atomic mass is 10.3. The first-order valence-electron chi connectivity index (χ1n) is 6.13. The van der Waals surface area contributed by atoms with Gasteiger partial charge in [-0.05, 0) is 31.2 Å². The van der Waals surface area contributed by atoms with E-state index < -0.39 is 0 Å². The van der Waals surface area contributed by atoms with Crippen molar-refractivity contribution in [2.24, 2.45) is 0 Å². The SMILES string of the molecule is Cc1c(N)ccc2nnc(COc3ccccc3Cl)n12. The fourth-order valence-corrected chi connectivity index (χ4v) is 2.21. The van der Waals surface area contributed by atoms with Crippen molar-refractivity contribution in [3.63, 3.8) is 0 Å². The van der Waals surface area contributed by atoms with Gasteiger partial charge in [0, 0.05) is 5.69 Å². The normalized spacial score (nSPS) is 10.9. The highest BCUT2D eigenvalue weighted by atomic mass is 35.5. The van der Waals surface area contributed by atoms with Gasteiger partial charge in [-0.1, -0.05) is 23.7 Å². The van der Waals surface area contributed by atoms with Gasteiger partial charge in [0.25, 0.3) is 0 Å². The molecule has 0 amide bonds. The van der Waals surface area contributed by atoms with Crippen LogP contribution in [0.15, 0.2) is 36.4 Å². The average molecular weight is 289 g/mol. The summed E-state index contributed by atoms with van der Waals surface area (Å²) in [5, 5.41) is 8.80. The number of benzene rings is 1. The zero-order chi connectivity index (χ0) is 14.1. The molecule has 0 bridgehead atoms. The predicted octanol–water partition coefficient (Wildman–Crippen LogP) is 2.85. The molecule has 0 fully saturated rings. The largest absolute Gasteiger partial charge is 0.484 e. The third-order valence-corrected chi connectivity index (χ3v) is 3.43. The molecule has 2 heterocycles. The number of aromatic nitrogens is 3. The van der Waals surface area contributed by atoms with E-state index in [9.17, 15) is 0 Å². The Morgan fingerprint density at radius 3 is 2.80 bits per heavy atom. The molecule has 0 spiro atoms. The number of halogens is 1. The van der Waals surface area contributed by atoms with Crippen molar-refractivity contribution in [3.8, 4) is 5.75 Å². The standard InChI is InChI=1S/C14H13ClN4O/c1-9-11(16)6-7-13-17-18-14(19(9)13)8-20-12-5-3-2-4-10(12)15/h2-7H,8,16H2,1H3. The van der Waals surface area contributed by atoms with Gasteiger partial charge in [0.1, 0.15) is 12.4 Å². The summed E-state index contributed by atoms with van der Waals surface area (Å²) in [7, 11) is 0. The second kappa shape index (κ2) is 5.02. The fourth-order valence-electron chi connectivity index (χ4n) is 2.02. The number of rotatable bonds is 3. The number of hydrogen-bond donors (Lipinski definition) is 1. The van der Waals surface area contributed by atoms with E-state index in [0.717, 1.165) is 11.3 Å². The number of para-hydroxylation sites is 1. The molecular formula is C14H13ClN4O. The van der Waals surface area contributed by atoms with Crippen LogP contribution in [-0.4, -0.2) is 14.6 Å². The number of nitrogens with two attached hydrogens (primary N) is 1. The number of pyridine rings is 1. The zero-order valence-electron chi connectivity index (χ0n) is 10.9. The number of anilines is 1. The smallest absolute Gasteiger partial charge is 0.175 e. The van der Waals surface area contributed by atoms with E-state index in [4.69, 9.17) is 22.1 Å². The molecule has 0 unspecified atom stereocenters. The fraction of sp³-hybridized carbons (Fsp3) is 0.143. The Hall–Kier alpha value is -2.27. The summed E-state index contributed by atoms with van der Waals surface area (Å²) < 4.78 is 7.57. The van der Waals surface area contributed by atoms with E-state index in [1.165, 1.54) is 0 Å². The molecule has 3 rings (SSSR count). The molecule has 1 aromatic carbocycles. The van der Waals surface area contributed by atoms with E-state index >= 15 is 0 Å². The van der Waals surface area contributed by atoms with E-state index in [2.05, 4.69) is 10.2 Å². The highest BCUT2D eigenvalue weighted by Gasteiger charge is 2.10. The van der Waals surface area contributed by atoms with Crippen molar-refractivity contribution in [1.29, 1.82) is 0 Å². The molecular weight excluding hydrogens is 276 g/mol. The summed E-state index contributed by atoms with van der Waals surface area (Å²) in [4.78, 5) is 0. The molecule has 2 N–H and O–H groups in total. The van der Waals surface area contributed by atoms with Crippen LogP contribution in [0.5, 0.6) is 5.75 Å². The first-order chi connectivity index (χ1) is 9.66. The number of ether oxygens (including phenoxy) is 1. The maximum atomic E-state index is 6.05. The van der Waals surface area contributed by atoms with Crippen LogP contribution in [0.3, 0.4) is 0 Å². The molecule has 0 aliphatic rings. The van der Waals surface area contributed by atoms with Crippen molar-refractivity contribution in [2.75, 3.05) is 5.73 Å². The van der Waals surface area contributed by atoms with Crippen molar-refractivity contribution in [2.45, 2.75) is 13.5 Å². The summed E-state index contributed by atoms with van der Waals surface area (Å²) in [5.41, 5.74) is 8.24. The van der Waals surface area contributed by atoms with Gasteiger partial charge in [-0.3, -0.25) is 4.40 Å². The van der Waals surface area contributed by atoms with Crippen molar-refractivity contribution < 1.29 is 4.74 Å². The second-order valence-electron chi connectivity index (χ2n) is 4.40. The third kappa shape index (κ3) is 2.16. The van der Waals surface area contributed by atoms with Gasteiger partial charge in [-0.2, -0.15) is 0 Å². The third-order valence-electron chi connectivity index (χ3n) is 3.11. The molecule has 2 aromatic heterocycles. The van der Waals surface area contributed by atoms with Gasteiger partial charge in [-0.25, -0.2) is 0 Å². The van der Waals surface area contributed by atoms with E-state index in [1.807, 2.05) is 41.7 Å². The van der Waals surface area contributed by atoms with E-state index in [-0.39, 0.29) is 6.61 Å². The van der Waals surface area contributed by atoms with Crippen molar-refractivity contribution >= 4 is 22.9 Å². The van der Waals surface area contributed by atoms with Crippen LogP contribution in [-0.2, 0) is 6.61 Å². The van der Waals surface area contributed by atoms with Crippen LogP contribution < -0.4 is 10.5 Å². The highest BCUT2D eigenvalue weighted by Crippen LogP contribution is 2.24. The maximum Gasteiger partial charge on any atom is 0.175 e. The number of aryl methyl sites for hydroxylation is 1. The lowest BCUT2D eigenvalue weighted by Gasteiger charge is -2.08. The van der Waals surface area contributed by atoms with Gasteiger partial charge in [0.2, 0.25) is 0 Å². The molecule has 3 aromatic rings. The van der Waals surface area contributed by atoms with Gasteiger partial charge in [0.15, 0.2) is 11.5 Å². The minimum Gasteiger partial charge on any atom is -0.484 e. The molecule has 5 nitrogen and oxygen atoms in total. The molecule has 102 valence electrons. The molecule has 0 atom stereocenters. The van der Waals surface area contributed by atoms with Gasteiger partial charge in [0.05, 0.1) is 10.7 Å². The molecule has 0 saturated heterocycles. The van der Waals surface area contributed by atoms with E-state index in [0.29, 0.717) is 22.3 Å².